The molecule has 0 spiro atoms. The van der Waals surface area contributed by atoms with E-state index in [1.807, 2.05) is 30.3 Å². The molecule has 1 N–H and O–H groups in total. The molecule has 1 aromatic carbocycles. The molecule has 1 rings (SSSR count). The summed E-state index contributed by atoms with van der Waals surface area (Å²) in [5, 5.41) is 2.79. The second-order valence-electron chi connectivity index (χ2n) is 3.83. The molecule has 0 bridgehead atoms. The van der Waals surface area contributed by atoms with Gasteiger partial charge in [-0.1, -0.05) is 30.3 Å². The van der Waals surface area contributed by atoms with Gasteiger partial charge in [-0.2, -0.15) is 13.2 Å². The van der Waals surface area contributed by atoms with Crippen LogP contribution in [0.25, 0.3) is 0 Å². The Balaban J connectivity index is 2.83. The molecule has 0 fully saturated rings. The molecule has 0 amide bonds. The summed E-state index contributed by atoms with van der Waals surface area (Å²) < 4.78 is 41.6. The molecule has 0 aliphatic heterocycles. The number of ether oxygens (including phenoxy) is 1. The van der Waals surface area contributed by atoms with Gasteiger partial charge in [0, 0.05) is 12.2 Å². The van der Waals surface area contributed by atoms with E-state index in [2.05, 4.69) is 10.1 Å². The van der Waals surface area contributed by atoms with Crippen molar-refractivity contribution in [3.63, 3.8) is 0 Å². The van der Waals surface area contributed by atoms with Gasteiger partial charge in [0.1, 0.15) is 4.91 Å². The number of alkyl halides is 3. The Kier molecular flexibility index (Phi) is 5.94. The van der Waals surface area contributed by atoms with E-state index in [1.165, 1.54) is 6.92 Å². The van der Waals surface area contributed by atoms with Crippen molar-refractivity contribution in [3.8, 4) is 0 Å². The largest absolute Gasteiger partial charge is 0.465 e. The van der Waals surface area contributed by atoms with Crippen molar-refractivity contribution in [3.05, 3.63) is 46.5 Å². The first-order valence-corrected chi connectivity index (χ1v) is 6.48. The van der Waals surface area contributed by atoms with Crippen LogP contribution in [0.15, 0.2) is 40.9 Å². The predicted octanol–water partition coefficient (Wildman–Crippen LogP) is 3.43. The maximum atomic E-state index is 12.4. The minimum Gasteiger partial charge on any atom is -0.465 e. The molecule has 0 saturated heterocycles. The first-order valence-electron chi connectivity index (χ1n) is 5.66. The second kappa shape index (κ2) is 7.23. The minimum absolute atomic E-state index is 0.128. The van der Waals surface area contributed by atoms with E-state index in [0.717, 1.165) is 12.7 Å². The average Bonchev–Trinajstić information content (AvgIpc) is 2.41. The van der Waals surface area contributed by atoms with Crippen molar-refractivity contribution < 1.29 is 22.7 Å². The molecule has 0 heterocycles. The third-order valence-corrected chi connectivity index (χ3v) is 3.24. The SMILES string of the molecule is COC(=O)/C(SC(F)(F)F)=C(\C)NCc1ccccc1. The van der Waals surface area contributed by atoms with Crippen molar-refractivity contribution in [2.45, 2.75) is 19.0 Å². The topological polar surface area (TPSA) is 38.3 Å². The zero-order chi connectivity index (χ0) is 15.2. The quantitative estimate of drug-likeness (QED) is 0.668. The summed E-state index contributed by atoms with van der Waals surface area (Å²) in [6.45, 7) is 1.74. The lowest BCUT2D eigenvalue weighted by Gasteiger charge is -2.13. The van der Waals surface area contributed by atoms with Crippen LogP contribution in [0.4, 0.5) is 13.2 Å². The number of methoxy groups -OCH3 is 1. The van der Waals surface area contributed by atoms with Crippen LogP contribution in [0.3, 0.4) is 0 Å². The number of hydrogen-bond donors (Lipinski definition) is 1. The van der Waals surface area contributed by atoms with Crippen LogP contribution in [0, 0.1) is 0 Å². The highest BCUT2D eigenvalue weighted by molar-refractivity contribution is 8.04. The lowest BCUT2D eigenvalue weighted by molar-refractivity contribution is -0.135. The summed E-state index contributed by atoms with van der Waals surface area (Å²) in [7, 11) is 1.05. The van der Waals surface area contributed by atoms with Crippen LogP contribution >= 0.6 is 11.8 Å². The number of halogens is 3. The van der Waals surface area contributed by atoms with Crippen molar-refractivity contribution in [1.29, 1.82) is 0 Å². The maximum Gasteiger partial charge on any atom is 0.446 e. The summed E-state index contributed by atoms with van der Waals surface area (Å²) in [6.07, 6.45) is 0. The van der Waals surface area contributed by atoms with Gasteiger partial charge in [0.25, 0.3) is 0 Å². The highest BCUT2D eigenvalue weighted by Gasteiger charge is 2.34. The summed E-state index contributed by atoms with van der Waals surface area (Å²) in [5.74, 6) is -1.01. The molecular formula is C13H14F3NO2S. The summed E-state index contributed by atoms with van der Waals surface area (Å²) >= 11 is -0.480. The van der Waals surface area contributed by atoms with Crippen molar-refractivity contribution in [2.24, 2.45) is 0 Å². The highest BCUT2D eigenvalue weighted by atomic mass is 32.2. The normalized spacial score (nSPS) is 12.7. The maximum absolute atomic E-state index is 12.4. The van der Waals surface area contributed by atoms with Gasteiger partial charge in [-0.05, 0) is 24.2 Å². The van der Waals surface area contributed by atoms with Gasteiger partial charge < -0.3 is 10.1 Å². The van der Waals surface area contributed by atoms with E-state index in [0.29, 0.717) is 6.54 Å². The van der Waals surface area contributed by atoms with Crippen LogP contribution in [0.5, 0.6) is 0 Å². The van der Waals surface area contributed by atoms with Crippen molar-refractivity contribution in [1.82, 2.24) is 5.32 Å². The summed E-state index contributed by atoms with van der Waals surface area (Å²) in [6, 6.07) is 9.14. The van der Waals surface area contributed by atoms with Crippen molar-refractivity contribution in [2.75, 3.05) is 7.11 Å². The Labute approximate surface area is 119 Å². The van der Waals surface area contributed by atoms with Gasteiger partial charge >= 0.3 is 11.5 Å². The third kappa shape index (κ3) is 5.56. The third-order valence-electron chi connectivity index (χ3n) is 2.33. The Morgan fingerprint density at radius 1 is 1.30 bits per heavy atom. The first kappa shape index (κ1) is 16.4. The van der Waals surface area contributed by atoms with Crippen molar-refractivity contribution >= 4 is 17.7 Å². The number of carbonyl (C=O) groups excluding carboxylic acids is 1. The zero-order valence-electron chi connectivity index (χ0n) is 11.0. The number of allylic oxidation sites excluding steroid dienone is 1. The number of nitrogens with one attached hydrogen (secondary N) is 1. The van der Waals surface area contributed by atoms with Gasteiger partial charge in [-0.15, -0.1) is 0 Å². The average molecular weight is 305 g/mol. The molecule has 0 radical (unpaired) electrons. The van der Waals surface area contributed by atoms with Gasteiger partial charge in [0.2, 0.25) is 0 Å². The number of benzene rings is 1. The lowest BCUT2D eigenvalue weighted by atomic mass is 10.2. The van der Waals surface area contributed by atoms with E-state index in [-0.39, 0.29) is 5.70 Å². The number of hydrogen-bond acceptors (Lipinski definition) is 4. The van der Waals surface area contributed by atoms with E-state index < -0.39 is 28.1 Å². The van der Waals surface area contributed by atoms with Gasteiger partial charge in [-0.25, -0.2) is 4.79 Å². The molecule has 0 unspecified atom stereocenters. The summed E-state index contributed by atoms with van der Waals surface area (Å²) in [4.78, 5) is 10.9. The van der Waals surface area contributed by atoms with Crippen LogP contribution in [0.2, 0.25) is 0 Å². The molecule has 0 saturated carbocycles. The van der Waals surface area contributed by atoms with Gasteiger partial charge in [-0.3, -0.25) is 0 Å². The Bertz CT molecular complexity index is 486. The lowest BCUT2D eigenvalue weighted by Crippen LogP contribution is -2.18. The molecule has 1 aromatic rings. The zero-order valence-corrected chi connectivity index (χ0v) is 11.8. The smallest absolute Gasteiger partial charge is 0.446 e. The van der Waals surface area contributed by atoms with Crippen LogP contribution in [-0.2, 0) is 16.1 Å². The van der Waals surface area contributed by atoms with E-state index in [9.17, 15) is 18.0 Å². The number of carbonyl (C=O) groups is 1. The number of rotatable bonds is 5. The Morgan fingerprint density at radius 2 is 1.90 bits per heavy atom. The molecule has 0 atom stereocenters. The van der Waals surface area contributed by atoms with Crippen LogP contribution in [-0.4, -0.2) is 18.6 Å². The van der Waals surface area contributed by atoms with E-state index in [1.54, 1.807) is 0 Å². The molecule has 7 heteroatoms. The predicted molar refractivity (Wildman–Crippen MR) is 71.6 cm³/mol. The molecule has 0 aromatic heterocycles. The summed E-state index contributed by atoms with van der Waals surface area (Å²) in [5.41, 5.74) is -3.52. The Hall–Kier alpha value is -1.63. The van der Waals surface area contributed by atoms with Crippen LogP contribution in [0.1, 0.15) is 12.5 Å². The van der Waals surface area contributed by atoms with Gasteiger partial charge in [0.05, 0.1) is 7.11 Å². The fraction of sp³-hybridized carbons (Fsp3) is 0.308. The molecule has 3 nitrogen and oxygen atoms in total. The fourth-order valence-corrected chi connectivity index (χ4v) is 2.01. The number of thioether (sulfide) groups is 1. The number of esters is 1. The van der Waals surface area contributed by atoms with E-state index >= 15 is 0 Å². The standard InChI is InChI=1S/C13H14F3NO2S/c1-9(17-8-10-6-4-3-5-7-10)11(12(18)19-2)20-13(14,15)16/h3-7,17H,8H2,1-2H3/b11-9-. The minimum atomic E-state index is -4.54. The Morgan fingerprint density at radius 3 is 2.40 bits per heavy atom. The van der Waals surface area contributed by atoms with Gasteiger partial charge in [0.15, 0.2) is 0 Å². The van der Waals surface area contributed by atoms with E-state index in [4.69, 9.17) is 0 Å². The molecular weight excluding hydrogens is 291 g/mol. The monoisotopic (exact) mass is 305 g/mol. The van der Waals surface area contributed by atoms with Crippen LogP contribution < -0.4 is 5.32 Å². The molecule has 0 aliphatic carbocycles. The first-order chi connectivity index (χ1) is 9.33. The molecule has 0 aliphatic rings. The molecule has 20 heavy (non-hydrogen) atoms. The molecule has 110 valence electrons. The highest BCUT2D eigenvalue weighted by Crippen LogP contribution is 2.37. The fourth-order valence-electron chi connectivity index (χ4n) is 1.39. The second-order valence-corrected chi connectivity index (χ2v) is 4.91.